The van der Waals surface area contributed by atoms with E-state index in [1.54, 1.807) is 18.6 Å². The zero-order valence-corrected chi connectivity index (χ0v) is 19.7. The van der Waals surface area contributed by atoms with Gasteiger partial charge in [0.1, 0.15) is 0 Å². The van der Waals surface area contributed by atoms with E-state index in [9.17, 15) is 0 Å². The van der Waals surface area contributed by atoms with Crippen molar-refractivity contribution in [2.24, 2.45) is 0 Å². The molecule has 3 heterocycles. The monoisotopic (exact) mass is 493 g/mol. The summed E-state index contributed by atoms with van der Waals surface area (Å²) in [5.41, 5.74) is 1.85. The molecule has 0 amide bonds. The first-order valence-electron chi connectivity index (χ1n) is 10.7. The molecule has 7 nitrogen and oxygen atoms in total. The average Bonchev–Trinajstić information content (AvgIpc) is 3.61. The lowest BCUT2D eigenvalue weighted by molar-refractivity contribution is 0.201. The second-order valence-corrected chi connectivity index (χ2v) is 8.60. The van der Waals surface area contributed by atoms with Gasteiger partial charge in [0.2, 0.25) is 11.8 Å². The Morgan fingerprint density at radius 1 is 0.765 bits per heavy atom. The number of oxazole rings is 2. The maximum atomic E-state index is 6.02. The van der Waals surface area contributed by atoms with E-state index in [4.69, 9.17) is 32.0 Å². The minimum Gasteiger partial charge on any atom is -0.439 e. The predicted molar refractivity (Wildman–Crippen MR) is 130 cm³/mol. The third-order valence-electron chi connectivity index (χ3n) is 5.29. The summed E-state index contributed by atoms with van der Waals surface area (Å²) in [6, 6.07) is 16.9. The minimum atomic E-state index is 0.494. The SMILES string of the molecule is Clc1ccc(-c2cnc(CN(CCn3cccn3)Cc3ncc(-c4ccc(Cl)cc4)o3)o2)cc1. The third kappa shape index (κ3) is 5.56. The van der Waals surface area contributed by atoms with E-state index in [1.807, 2.05) is 65.5 Å². The molecule has 5 rings (SSSR count). The summed E-state index contributed by atoms with van der Waals surface area (Å²) in [7, 11) is 0. The smallest absolute Gasteiger partial charge is 0.209 e. The molecule has 2 aromatic carbocycles. The van der Waals surface area contributed by atoms with Gasteiger partial charge in [0.05, 0.1) is 32.0 Å². The first-order chi connectivity index (χ1) is 16.6. The standard InChI is InChI=1S/C25H21Cl2N5O2/c26-20-6-2-18(3-7-20)22-14-28-24(33-22)16-31(12-13-32-11-1-10-30-32)17-25-29-15-23(34-25)19-4-8-21(27)9-5-19/h1-11,14-15H,12-13,16-17H2. The van der Waals surface area contributed by atoms with Gasteiger partial charge in [-0.1, -0.05) is 23.2 Å². The number of halogens is 2. The molecule has 0 saturated carbocycles. The Morgan fingerprint density at radius 3 is 1.76 bits per heavy atom. The molecule has 3 aromatic heterocycles. The van der Waals surface area contributed by atoms with Gasteiger partial charge in [0.25, 0.3) is 0 Å². The van der Waals surface area contributed by atoms with Gasteiger partial charge in [-0.15, -0.1) is 0 Å². The predicted octanol–water partition coefficient (Wildman–Crippen LogP) is 6.20. The van der Waals surface area contributed by atoms with Gasteiger partial charge in [-0.25, -0.2) is 9.97 Å². The van der Waals surface area contributed by atoms with Crippen molar-refractivity contribution in [3.8, 4) is 22.6 Å². The lowest BCUT2D eigenvalue weighted by atomic mass is 10.2. The summed E-state index contributed by atoms with van der Waals surface area (Å²) in [6.45, 7) is 2.41. The van der Waals surface area contributed by atoms with E-state index in [2.05, 4.69) is 20.0 Å². The third-order valence-corrected chi connectivity index (χ3v) is 5.79. The molecule has 0 unspecified atom stereocenters. The molecule has 9 heteroatoms. The zero-order chi connectivity index (χ0) is 23.3. The molecule has 0 radical (unpaired) electrons. The molecule has 0 atom stereocenters. The van der Waals surface area contributed by atoms with Crippen LogP contribution in [0.5, 0.6) is 0 Å². The summed E-state index contributed by atoms with van der Waals surface area (Å²) >= 11 is 12.0. The van der Waals surface area contributed by atoms with Crippen molar-refractivity contribution in [1.82, 2.24) is 24.6 Å². The molecular weight excluding hydrogens is 473 g/mol. The fourth-order valence-electron chi connectivity index (χ4n) is 3.54. The summed E-state index contributed by atoms with van der Waals surface area (Å²) in [5, 5.41) is 5.65. The Bertz CT molecular complexity index is 1240. The molecule has 0 aliphatic heterocycles. The van der Waals surface area contributed by atoms with Gasteiger partial charge in [-0.05, 0) is 54.6 Å². The summed E-state index contributed by atoms with van der Waals surface area (Å²) in [5.74, 6) is 2.60. The maximum Gasteiger partial charge on any atom is 0.209 e. The number of hydrogen-bond acceptors (Lipinski definition) is 6. The van der Waals surface area contributed by atoms with E-state index < -0.39 is 0 Å². The molecule has 0 aliphatic rings. The number of aromatic nitrogens is 4. The van der Waals surface area contributed by atoms with Crippen molar-refractivity contribution < 1.29 is 8.83 Å². The normalized spacial score (nSPS) is 11.4. The molecule has 34 heavy (non-hydrogen) atoms. The highest BCUT2D eigenvalue weighted by molar-refractivity contribution is 6.30. The molecule has 0 saturated heterocycles. The van der Waals surface area contributed by atoms with Crippen LogP contribution in [0.25, 0.3) is 22.6 Å². The van der Waals surface area contributed by atoms with E-state index in [-0.39, 0.29) is 0 Å². The van der Waals surface area contributed by atoms with Gasteiger partial charge < -0.3 is 8.83 Å². The van der Waals surface area contributed by atoms with Crippen LogP contribution >= 0.6 is 23.2 Å². The first-order valence-corrected chi connectivity index (χ1v) is 11.5. The maximum absolute atomic E-state index is 6.02. The molecule has 0 spiro atoms. The van der Waals surface area contributed by atoms with Crippen LogP contribution in [0.4, 0.5) is 0 Å². The van der Waals surface area contributed by atoms with Crippen LogP contribution < -0.4 is 0 Å². The topological polar surface area (TPSA) is 73.1 Å². The van der Waals surface area contributed by atoms with Crippen LogP contribution in [0.1, 0.15) is 11.8 Å². The van der Waals surface area contributed by atoms with Crippen LogP contribution in [-0.4, -0.2) is 31.2 Å². The van der Waals surface area contributed by atoms with E-state index in [1.165, 1.54) is 0 Å². The van der Waals surface area contributed by atoms with Gasteiger partial charge in [0.15, 0.2) is 11.5 Å². The number of benzene rings is 2. The molecule has 0 fully saturated rings. The molecule has 172 valence electrons. The highest BCUT2D eigenvalue weighted by Crippen LogP contribution is 2.25. The number of nitrogens with zero attached hydrogens (tertiary/aromatic N) is 5. The van der Waals surface area contributed by atoms with Crippen molar-refractivity contribution in [3.05, 3.63) is 101 Å². The fourth-order valence-corrected chi connectivity index (χ4v) is 3.79. The highest BCUT2D eigenvalue weighted by atomic mass is 35.5. The van der Waals surface area contributed by atoms with E-state index in [0.717, 1.165) is 11.1 Å². The lowest BCUT2D eigenvalue weighted by Crippen LogP contribution is -2.27. The second kappa shape index (κ2) is 10.3. The molecular formula is C25H21Cl2N5O2. The van der Waals surface area contributed by atoms with Crippen molar-refractivity contribution in [2.75, 3.05) is 6.54 Å². The lowest BCUT2D eigenvalue weighted by Gasteiger charge is -2.19. The highest BCUT2D eigenvalue weighted by Gasteiger charge is 2.16. The van der Waals surface area contributed by atoms with Crippen molar-refractivity contribution in [3.63, 3.8) is 0 Å². The van der Waals surface area contributed by atoms with E-state index in [0.29, 0.717) is 59.5 Å². The average molecular weight is 494 g/mol. The van der Waals surface area contributed by atoms with Gasteiger partial charge in [0, 0.05) is 40.1 Å². The van der Waals surface area contributed by atoms with Crippen LogP contribution in [0.2, 0.25) is 10.0 Å². The van der Waals surface area contributed by atoms with Crippen molar-refractivity contribution >= 4 is 23.2 Å². The Hall–Kier alpha value is -3.39. The van der Waals surface area contributed by atoms with Crippen molar-refractivity contribution in [2.45, 2.75) is 19.6 Å². The quantitative estimate of drug-likeness (QED) is 0.243. The summed E-state index contributed by atoms with van der Waals surface area (Å²) < 4.78 is 13.9. The molecule has 0 N–H and O–H groups in total. The van der Waals surface area contributed by atoms with Crippen LogP contribution in [-0.2, 0) is 19.6 Å². The van der Waals surface area contributed by atoms with Crippen LogP contribution in [0.3, 0.4) is 0 Å². The molecule has 0 aliphatic carbocycles. The Kier molecular flexibility index (Phi) is 6.76. The zero-order valence-electron chi connectivity index (χ0n) is 18.1. The molecule has 0 bridgehead atoms. The van der Waals surface area contributed by atoms with E-state index >= 15 is 0 Å². The Balaban J connectivity index is 1.31. The Labute approximate surface area is 206 Å². The number of hydrogen-bond donors (Lipinski definition) is 0. The van der Waals surface area contributed by atoms with Gasteiger partial charge in [-0.2, -0.15) is 5.10 Å². The minimum absolute atomic E-state index is 0.494. The van der Waals surface area contributed by atoms with Gasteiger partial charge >= 0.3 is 0 Å². The van der Waals surface area contributed by atoms with Crippen LogP contribution in [0.15, 0.2) is 88.2 Å². The summed E-state index contributed by atoms with van der Waals surface area (Å²) in [6.07, 6.45) is 7.16. The van der Waals surface area contributed by atoms with Gasteiger partial charge in [-0.3, -0.25) is 9.58 Å². The summed E-state index contributed by atoms with van der Waals surface area (Å²) in [4.78, 5) is 11.1. The van der Waals surface area contributed by atoms with Crippen LogP contribution in [0, 0.1) is 0 Å². The Morgan fingerprint density at radius 2 is 1.29 bits per heavy atom. The second-order valence-electron chi connectivity index (χ2n) is 7.73. The van der Waals surface area contributed by atoms with Crippen molar-refractivity contribution in [1.29, 1.82) is 0 Å². The fraction of sp³-hybridized carbons (Fsp3) is 0.160. The molecule has 5 aromatic rings. The largest absolute Gasteiger partial charge is 0.439 e. The number of rotatable bonds is 9. The first kappa shape index (κ1) is 22.4.